The molecule has 0 radical (unpaired) electrons. The van der Waals surface area contributed by atoms with Crippen LogP contribution in [0.25, 0.3) is 5.69 Å². The first kappa shape index (κ1) is 19.1. The number of carbonyl (C=O) groups excluding carboxylic acids is 2. The highest BCUT2D eigenvalue weighted by Gasteiger charge is 2.20. The minimum Gasteiger partial charge on any atom is -0.454 e. The molecular formula is C22H18ClNO5. The molecular weight excluding hydrogens is 394 g/mol. The molecule has 0 saturated carbocycles. The van der Waals surface area contributed by atoms with Crippen LogP contribution in [0, 0.1) is 13.8 Å². The number of ether oxygens (including phenoxy) is 3. The summed E-state index contributed by atoms with van der Waals surface area (Å²) in [6.07, 6.45) is 0. The Morgan fingerprint density at radius 1 is 1.07 bits per heavy atom. The molecule has 0 aliphatic carbocycles. The Hall–Kier alpha value is -3.25. The van der Waals surface area contributed by atoms with Gasteiger partial charge in [-0.2, -0.15) is 0 Å². The van der Waals surface area contributed by atoms with Crippen LogP contribution in [-0.4, -0.2) is 29.7 Å². The molecule has 0 fully saturated rings. The Bertz CT molecular complexity index is 1120. The predicted molar refractivity (Wildman–Crippen MR) is 107 cm³/mol. The minimum absolute atomic E-state index is 0.199. The first-order chi connectivity index (χ1) is 13.9. The highest BCUT2D eigenvalue weighted by atomic mass is 35.5. The number of benzene rings is 2. The van der Waals surface area contributed by atoms with E-state index >= 15 is 0 Å². The van der Waals surface area contributed by atoms with Crippen LogP contribution in [0.15, 0.2) is 48.5 Å². The predicted octanol–water partition coefficient (Wildman–Crippen LogP) is 4.52. The summed E-state index contributed by atoms with van der Waals surface area (Å²) in [6, 6.07) is 13.8. The lowest BCUT2D eigenvalue weighted by Gasteiger charge is -2.11. The first-order valence-corrected chi connectivity index (χ1v) is 9.36. The van der Waals surface area contributed by atoms with Gasteiger partial charge in [0.15, 0.2) is 18.1 Å². The van der Waals surface area contributed by atoms with Gasteiger partial charge in [-0.15, -0.1) is 0 Å². The summed E-state index contributed by atoms with van der Waals surface area (Å²) in [7, 11) is 0. The van der Waals surface area contributed by atoms with E-state index < -0.39 is 5.97 Å². The Morgan fingerprint density at radius 2 is 1.86 bits per heavy atom. The third-order valence-electron chi connectivity index (χ3n) is 4.74. The SMILES string of the molecule is Cc1cc(C(=O)COC(=O)c2cccc(Cl)c2)c(C)n1-c1ccc2c(c1)OCO2. The average Bonchev–Trinajstić information content (AvgIpc) is 3.29. The van der Waals surface area contributed by atoms with Gasteiger partial charge in [0.2, 0.25) is 12.6 Å². The third-order valence-corrected chi connectivity index (χ3v) is 4.98. The number of ketones is 1. The van der Waals surface area contributed by atoms with Crippen molar-refractivity contribution < 1.29 is 23.8 Å². The van der Waals surface area contributed by atoms with Gasteiger partial charge in [-0.05, 0) is 50.2 Å². The molecule has 6 nitrogen and oxygen atoms in total. The van der Waals surface area contributed by atoms with E-state index in [0.717, 1.165) is 17.1 Å². The van der Waals surface area contributed by atoms with Crippen molar-refractivity contribution in [1.82, 2.24) is 4.57 Å². The number of hydrogen-bond donors (Lipinski definition) is 0. The van der Waals surface area contributed by atoms with Crippen LogP contribution in [0.4, 0.5) is 0 Å². The van der Waals surface area contributed by atoms with E-state index in [1.165, 1.54) is 6.07 Å². The van der Waals surface area contributed by atoms with Crippen molar-refractivity contribution in [3.8, 4) is 17.2 Å². The van der Waals surface area contributed by atoms with Crippen LogP contribution in [0.5, 0.6) is 11.5 Å². The van der Waals surface area contributed by atoms with E-state index in [-0.39, 0.29) is 19.2 Å². The summed E-state index contributed by atoms with van der Waals surface area (Å²) >= 11 is 5.89. The number of rotatable bonds is 5. The summed E-state index contributed by atoms with van der Waals surface area (Å²) in [4.78, 5) is 24.8. The molecule has 2 heterocycles. The number of carbonyl (C=O) groups is 2. The summed E-state index contributed by atoms with van der Waals surface area (Å²) < 4.78 is 17.9. The number of halogens is 1. The minimum atomic E-state index is -0.592. The van der Waals surface area contributed by atoms with Gasteiger partial charge in [-0.3, -0.25) is 4.79 Å². The van der Waals surface area contributed by atoms with Crippen molar-refractivity contribution in [3.05, 3.63) is 76.1 Å². The van der Waals surface area contributed by atoms with Gasteiger partial charge in [-0.1, -0.05) is 17.7 Å². The van der Waals surface area contributed by atoms with Crippen LogP contribution < -0.4 is 9.47 Å². The maximum absolute atomic E-state index is 12.7. The number of Topliss-reactive ketones (excluding diaryl/α,β-unsaturated/α-hetero) is 1. The highest BCUT2D eigenvalue weighted by molar-refractivity contribution is 6.30. The highest BCUT2D eigenvalue weighted by Crippen LogP contribution is 2.35. The van der Waals surface area contributed by atoms with E-state index in [0.29, 0.717) is 27.6 Å². The lowest BCUT2D eigenvalue weighted by atomic mass is 10.1. The molecule has 0 saturated heterocycles. The summed E-state index contributed by atoms with van der Waals surface area (Å²) in [5.41, 5.74) is 3.30. The maximum Gasteiger partial charge on any atom is 0.338 e. The molecule has 148 valence electrons. The third kappa shape index (κ3) is 3.71. The monoisotopic (exact) mass is 411 g/mol. The molecule has 3 aromatic rings. The zero-order chi connectivity index (χ0) is 20.5. The molecule has 0 N–H and O–H groups in total. The van der Waals surface area contributed by atoms with Crippen molar-refractivity contribution in [3.63, 3.8) is 0 Å². The molecule has 1 aromatic heterocycles. The van der Waals surface area contributed by atoms with E-state index in [4.69, 9.17) is 25.8 Å². The summed E-state index contributed by atoms with van der Waals surface area (Å²) in [5, 5.41) is 0.429. The normalized spacial score (nSPS) is 12.1. The van der Waals surface area contributed by atoms with Crippen molar-refractivity contribution >= 4 is 23.4 Å². The van der Waals surface area contributed by atoms with E-state index in [2.05, 4.69) is 0 Å². The van der Waals surface area contributed by atoms with Gasteiger partial charge >= 0.3 is 5.97 Å². The second kappa shape index (κ2) is 7.64. The van der Waals surface area contributed by atoms with Crippen LogP contribution >= 0.6 is 11.6 Å². The Labute approximate surface area is 172 Å². The fourth-order valence-electron chi connectivity index (χ4n) is 3.37. The fourth-order valence-corrected chi connectivity index (χ4v) is 3.56. The lowest BCUT2D eigenvalue weighted by Crippen LogP contribution is -2.15. The molecule has 0 spiro atoms. The molecule has 0 amide bonds. The number of aryl methyl sites for hydroxylation is 1. The van der Waals surface area contributed by atoms with Gasteiger partial charge in [0.1, 0.15) is 0 Å². The number of esters is 1. The average molecular weight is 412 g/mol. The van der Waals surface area contributed by atoms with Crippen LogP contribution in [0.2, 0.25) is 5.02 Å². The summed E-state index contributed by atoms with van der Waals surface area (Å²) in [6.45, 7) is 3.61. The van der Waals surface area contributed by atoms with Gasteiger partial charge in [-0.25, -0.2) is 4.79 Å². The molecule has 4 rings (SSSR count). The molecule has 29 heavy (non-hydrogen) atoms. The lowest BCUT2D eigenvalue weighted by molar-refractivity contribution is 0.0474. The Balaban J connectivity index is 1.53. The van der Waals surface area contributed by atoms with E-state index in [1.807, 2.05) is 36.6 Å². The second-order valence-electron chi connectivity index (χ2n) is 6.67. The topological polar surface area (TPSA) is 66.8 Å². The zero-order valence-corrected chi connectivity index (χ0v) is 16.7. The van der Waals surface area contributed by atoms with Crippen LogP contribution in [-0.2, 0) is 4.74 Å². The zero-order valence-electron chi connectivity index (χ0n) is 15.9. The largest absolute Gasteiger partial charge is 0.454 e. The van der Waals surface area contributed by atoms with Gasteiger partial charge < -0.3 is 18.8 Å². The van der Waals surface area contributed by atoms with Crippen molar-refractivity contribution in [1.29, 1.82) is 0 Å². The molecule has 2 aromatic carbocycles. The van der Waals surface area contributed by atoms with Gasteiger partial charge in [0, 0.05) is 33.7 Å². The molecule has 1 aliphatic rings. The van der Waals surface area contributed by atoms with Crippen molar-refractivity contribution in [2.45, 2.75) is 13.8 Å². The molecule has 1 aliphatic heterocycles. The van der Waals surface area contributed by atoms with Gasteiger partial charge in [0.25, 0.3) is 0 Å². The van der Waals surface area contributed by atoms with Crippen LogP contribution in [0.3, 0.4) is 0 Å². The van der Waals surface area contributed by atoms with Gasteiger partial charge in [0.05, 0.1) is 5.56 Å². The molecule has 0 bridgehead atoms. The first-order valence-electron chi connectivity index (χ1n) is 8.99. The maximum atomic E-state index is 12.7. The second-order valence-corrected chi connectivity index (χ2v) is 7.10. The molecule has 0 unspecified atom stereocenters. The number of nitrogens with zero attached hydrogens (tertiary/aromatic N) is 1. The molecule has 0 atom stereocenters. The number of hydrogen-bond acceptors (Lipinski definition) is 5. The standard InChI is InChI=1S/C22H18ClNO5/c1-13-8-18(19(25)11-27-22(26)15-4-3-5-16(23)9-15)14(2)24(13)17-6-7-20-21(10-17)29-12-28-20/h3-10H,11-12H2,1-2H3. The van der Waals surface area contributed by atoms with E-state index in [9.17, 15) is 9.59 Å². The summed E-state index contributed by atoms with van der Waals surface area (Å²) in [5.74, 6) is 0.490. The Kier molecular flexibility index (Phi) is 5.03. The number of aromatic nitrogens is 1. The van der Waals surface area contributed by atoms with Crippen molar-refractivity contribution in [2.75, 3.05) is 13.4 Å². The fraction of sp³-hybridized carbons (Fsp3) is 0.182. The quantitative estimate of drug-likeness (QED) is 0.456. The molecule has 7 heteroatoms. The number of fused-ring (bicyclic) bond motifs is 1. The van der Waals surface area contributed by atoms with Crippen LogP contribution in [0.1, 0.15) is 32.1 Å². The Morgan fingerprint density at radius 3 is 2.66 bits per heavy atom. The van der Waals surface area contributed by atoms with E-state index in [1.54, 1.807) is 24.3 Å². The van der Waals surface area contributed by atoms with Crippen molar-refractivity contribution in [2.24, 2.45) is 0 Å². The smallest absolute Gasteiger partial charge is 0.338 e.